The molecule has 1 heterocycles. The van der Waals surface area contributed by atoms with E-state index in [0.717, 1.165) is 18.5 Å². The van der Waals surface area contributed by atoms with Gasteiger partial charge in [0.05, 0.1) is 0 Å². The summed E-state index contributed by atoms with van der Waals surface area (Å²) in [5.74, 6) is 0.981. The molecule has 1 nitrogen and oxygen atoms in total. The maximum atomic E-state index is 3.76. The van der Waals surface area contributed by atoms with Crippen LogP contribution in [0.4, 0.5) is 0 Å². The summed E-state index contributed by atoms with van der Waals surface area (Å²) in [5, 5.41) is 3.76. The number of nitrogens with one attached hydrogen (secondary N) is 1. The van der Waals surface area contributed by atoms with Crippen LogP contribution in [-0.2, 0) is 6.54 Å². The third-order valence-corrected chi connectivity index (χ3v) is 5.84. The van der Waals surface area contributed by atoms with Crippen LogP contribution < -0.4 is 5.32 Å². The molecule has 0 amide bonds. The fraction of sp³-hybridized carbons (Fsp3) is 0.474. The van der Waals surface area contributed by atoms with E-state index in [4.69, 9.17) is 0 Å². The summed E-state index contributed by atoms with van der Waals surface area (Å²) in [6.07, 6.45) is 6.89. The van der Waals surface area contributed by atoms with Gasteiger partial charge in [0.25, 0.3) is 0 Å². The van der Waals surface area contributed by atoms with Gasteiger partial charge in [0.1, 0.15) is 0 Å². The Morgan fingerprint density at radius 1 is 1.00 bits per heavy atom. The van der Waals surface area contributed by atoms with Gasteiger partial charge in [-0.1, -0.05) is 43.7 Å². The topological polar surface area (TPSA) is 12.0 Å². The molecule has 0 aliphatic heterocycles. The first-order valence-electron chi connectivity index (χ1n) is 8.22. The van der Waals surface area contributed by atoms with Crippen molar-refractivity contribution >= 4 is 11.3 Å². The highest BCUT2D eigenvalue weighted by molar-refractivity contribution is 7.15. The summed E-state index contributed by atoms with van der Waals surface area (Å²) in [4.78, 5) is 2.83. The van der Waals surface area contributed by atoms with E-state index in [-0.39, 0.29) is 0 Å². The zero-order valence-electron chi connectivity index (χ0n) is 12.8. The van der Waals surface area contributed by atoms with Crippen molar-refractivity contribution in [1.82, 2.24) is 5.32 Å². The van der Waals surface area contributed by atoms with Gasteiger partial charge in [0.2, 0.25) is 0 Å². The Balaban J connectivity index is 1.52. The van der Waals surface area contributed by atoms with Crippen LogP contribution in [0, 0.1) is 5.92 Å². The highest BCUT2D eigenvalue weighted by Crippen LogP contribution is 2.29. The number of thiophene rings is 1. The minimum Gasteiger partial charge on any atom is -0.309 e. The summed E-state index contributed by atoms with van der Waals surface area (Å²) in [6, 6.07) is 15.9. The largest absolute Gasteiger partial charge is 0.309 e. The molecule has 1 aromatic carbocycles. The molecule has 3 rings (SSSR count). The van der Waals surface area contributed by atoms with Crippen molar-refractivity contribution in [2.24, 2.45) is 5.92 Å². The van der Waals surface area contributed by atoms with Gasteiger partial charge in [-0.3, -0.25) is 0 Å². The molecule has 0 atom stereocenters. The van der Waals surface area contributed by atoms with Gasteiger partial charge in [-0.05, 0) is 49.3 Å². The molecular weight excluding hydrogens is 274 g/mol. The Morgan fingerprint density at radius 2 is 1.76 bits per heavy atom. The second-order valence-corrected chi connectivity index (χ2v) is 7.31. The predicted molar refractivity (Wildman–Crippen MR) is 92.6 cm³/mol. The first-order chi connectivity index (χ1) is 10.3. The maximum absolute atomic E-state index is 3.76. The highest BCUT2D eigenvalue weighted by Gasteiger charge is 2.19. The molecule has 1 aliphatic rings. The van der Waals surface area contributed by atoms with E-state index in [0.29, 0.717) is 0 Å². The van der Waals surface area contributed by atoms with Crippen LogP contribution in [0.1, 0.15) is 43.9 Å². The fourth-order valence-corrected chi connectivity index (χ4v) is 4.21. The number of hydrogen-bond acceptors (Lipinski definition) is 2. The van der Waals surface area contributed by atoms with Crippen LogP contribution >= 0.6 is 11.3 Å². The highest BCUT2D eigenvalue weighted by atomic mass is 32.1. The maximum Gasteiger partial charge on any atom is 0.0346 e. The quantitative estimate of drug-likeness (QED) is 0.771. The molecule has 1 aliphatic carbocycles. The zero-order valence-corrected chi connectivity index (χ0v) is 13.7. The molecule has 112 valence electrons. The van der Waals surface area contributed by atoms with Crippen LogP contribution in [0.3, 0.4) is 0 Å². The van der Waals surface area contributed by atoms with E-state index in [1.54, 1.807) is 0 Å². The second-order valence-electron chi connectivity index (χ2n) is 6.14. The van der Waals surface area contributed by atoms with Crippen molar-refractivity contribution in [3.8, 4) is 10.4 Å². The average molecular weight is 299 g/mol. The molecule has 0 spiro atoms. The fourth-order valence-electron chi connectivity index (χ4n) is 3.25. The number of hydrogen-bond donors (Lipinski definition) is 1. The Labute approximate surface area is 132 Å². The molecule has 0 unspecified atom stereocenters. The summed E-state index contributed by atoms with van der Waals surface area (Å²) < 4.78 is 0. The molecular formula is C19H25NS. The predicted octanol–water partition coefficient (Wildman–Crippen LogP) is 5.47. The minimum atomic E-state index is 0.732. The summed E-state index contributed by atoms with van der Waals surface area (Å²) in [7, 11) is 0. The van der Waals surface area contributed by atoms with Crippen molar-refractivity contribution in [1.29, 1.82) is 0 Å². The van der Waals surface area contributed by atoms with Gasteiger partial charge in [0, 0.05) is 22.3 Å². The molecule has 2 heteroatoms. The minimum absolute atomic E-state index is 0.732. The second kappa shape index (κ2) is 7.24. The van der Waals surface area contributed by atoms with Gasteiger partial charge in [-0.25, -0.2) is 0 Å². The van der Waals surface area contributed by atoms with E-state index in [1.807, 2.05) is 11.3 Å². The first-order valence-corrected chi connectivity index (χ1v) is 9.04. The van der Waals surface area contributed by atoms with Crippen LogP contribution in [0.5, 0.6) is 0 Å². The molecule has 0 radical (unpaired) electrons. The third kappa shape index (κ3) is 3.96. The Bertz CT molecular complexity index is 538. The van der Waals surface area contributed by atoms with Crippen LogP contribution in [-0.4, -0.2) is 6.04 Å². The van der Waals surface area contributed by atoms with Gasteiger partial charge >= 0.3 is 0 Å². The normalized spacial score (nSPS) is 22.3. The summed E-state index contributed by atoms with van der Waals surface area (Å²) in [5.41, 5.74) is 1.33. The lowest BCUT2D eigenvalue weighted by atomic mass is 9.84. The molecule has 0 saturated heterocycles. The SMILES string of the molecule is CCC1CCC(NCc2ccc(-c3ccccc3)s2)CC1. The van der Waals surface area contributed by atoms with Crippen molar-refractivity contribution in [3.05, 3.63) is 47.3 Å². The van der Waals surface area contributed by atoms with Gasteiger partial charge in [0.15, 0.2) is 0 Å². The Hall–Kier alpha value is -1.12. The van der Waals surface area contributed by atoms with E-state index in [1.165, 1.54) is 47.4 Å². The molecule has 1 saturated carbocycles. The number of benzene rings is 1. The first kappa shape index (κ1) is 14.8. The van der Waals surface area contributed by atoms with E-state index >= 15 is 0 Å². The summed E-state index contributed by atoms with van der Waals surface area (Å²) in [6.45, 7) is 3.36. The van der Waals surface area contributed by atoms with Crippen molar-refractivity contribution in [3.63, 3.8) is 0 Å². The Morgan fingerprint density at radius 3 is 2.48 bits per heavy atom. The molecule has 2 aromatic rings. The monoisotopic (exact) mass is 299 g/mol. The molecule has 21 heavy (non-hydrogen) atoms. The zero-order chi connectivity index (χ0) is 14.5. The molecule has 1 fully saturated rings. The van der Waals surface area contributed by atoms with Gasteiger partial charge < -0.3 is 5.32 Å². The van der Waals surface area contributed by atoms with Crippen molar-refractivity contribution < 1.29 is 0 Å². The van der Waals surface area contributed by atoms with Crippen LogP contribution in [0.25, 0.3) is 10.4 Å². The van der Waals surface area contributed by atoms with Crippen molar-refractivity contribution in [2.75, 3.05) is 0 Å². The number of rotatable bonds is 5. The lowest BCUT2D eigenvalue weighted by Gasteiger charge is -2.28. The molecule has 1 aromatic heterocycles. The summed E-state index contributed by atoms with van der Waals surface area (Å²) >= 11 is 1.92. The Kier molecular flexibility index (Phi) is 5.10. The lowest BCUT2D eigenvalue weighted by Crippen LogP contribution is -2.32. The molecule has 0 bridgehead atoms. The smallest absolute Gasteiger partial charge is 0.0346 e. The van der Waals surface area contributed by atoms with Crippen LogP contribution in [0.15, 0.2) is 42.5 Å². The third-order valence-electron chi connectivity index (χ3n) is 4.71. The van der Waals surface area contributed by atoms with E-state index in [9.17, 15) is 0 Å². The van der Waals surface area contributed by atoms with Gasteiger partial charge in [-0.15, -0.1) is 11.3 Å². The van der Waals surface area contributed by atoms with Crippen LogP contribution in [0.2, 0.25) is 0 Å². The lowest BCUT2D eigenvalue weighted by molar-refractivity contribution is 0.285. The van der Waals surface area contributed by atoms with E-state index < -0.39 is 0 Å². The van der Waals surface area contributed by atoms with E-state index in [2.05, 4.69) is 54.7 Å². The van der Waals surface area contributed by atoms with Crippen molar-refractivity contribution in [2.45, 2.75) is 51.6 Å². The average Bonchev–Trinajstić information content (AvgIpc) is 3.03. The molecule has 1 N–H and O–H groups in total. The van der Waals surface area contributed by atoms with Gasteiger partial charge in [-0.2, -0.15) is 0 Å². The standard InChI is InChI=1S/C19H25NS/c1-2-15-8-10-17(11-9-15)20-14-18-12-13-19(21-18)16-6-4-3-5-7-16/h3-7,12-13,15,17,20H,2,8-11,14H2,1H3.